The van der Waals surface area contributed by atoms with Gasteiger partial charge in [0.15, 0.2) is 0 Å². The molecule has 1 aromatic carbocycles. The Morgan fingerprint density at radius 2 is 2.00 bits per heavy atom. The summed E-state index contributed by atoms with van der Waals surface area (Å²) in [6, 6.07) is 3.85. The molecule has 1 aliphatic rings. The van der Waals surface area contributed by atoms with Crippen LogP contribution in [0.1, 0.15) is 25.3 Å². The van der Waals surface area contributed by atoms with E-state index in [-0.39, 0.29) is 16.0 Å². The summed E-state index contributed by atoms with van der Waals surface area (Å²) >= 11 is 0. The van der Waals surface area contributed by atoms with Crippen LogP contribution < -0.4 is 10.0 Å². The molecule has 122 valence electrons. The Labute approximate surface area is 130 Å². The van der Waals surface area contributed by atoms with Gasteiger partial charge in [0.1, 0.15) is 0 Å². The number of piperidine rings is 1. The van der Waals surface area contributed by atoms with Crippen molar-refractivity contribution >= 4 is 15.7 Å². The van der Waals surface area contributed by atoms with E-state index in [1.807, 2.05) is 0 Å². The zero-order chi connectivity index (χ0) is 16.4. The summed E-state index contributed by atoms with van der Waals surface area (Å²) in [5.74, 6) is 0. The van der Waals surface area contributed by atoms with Gasteiger partial charge in [-0.3, -0.25) is 10.1 Å². The predicted molar refractivity (Wildman–Crippen MR) is 83.2 cm³/mol. The van der Waals surface area contributed by atoms with E-state index in [4.69, 9.17) is 0 Å². The van der Waals surface area contributed by atoms with Crippen molar-refractivity contribution in [1.82, 2.24) is 10.0 Å². The Morgan fingerprint density at radius 3 is 2.55 bits per heavy atom. The molecule has 1 aliphatic heterocycles. The van der Waals surface area contributed by atoms with Crippen LogP contribution in [0.25, 0.3) is 0 Å². The van der Waals surface area contributed by atoms with E-state index in [2.05, 4.69) is 17.0 Å². The van der Waals surface area contributed by atoms with Crippen LogP contribution in [0.15, 0.2) is 23.1 Å². The summed E-state index contributed by atoms with van der Waals surface area (Å²) in [5.41, 5.74) is 0.193. The summed E-state index contributed by atoms with van der Waals surface area (Å²) in [6.07, 6.45) is 1.82. The number of nitrogens with zero attached hydrogens (tertiary/aromatic N) is 1. The number of aryl methyl sites for hydroxylation is 1. The average Bonchev–Trinajstić information content (AvgIpc) is 2.46. The molecule has 2 N–H and O–H groups in total. The largest absolute Gasteiger partial charge is 0.317 e. The molecule has 1 fully saturated rings. The normalized spacial score (nSPS) is 18.1. The fraction of sp³-hybridized carbons (Fsp3) is 0.571. The minimum Gasteiger partial charge on any atom is -0.317 e. The molecule has 0 aliphatic carbocycles. The highest BCUT2D eigenvalue weighted by Gasteiger charge is 2.29. The molecule has 0 aromatic heterocycles. The molecule has 0 unspecified atom stereocenters. The van der Waals surface area contributed by atoms with Crippen molar-refractivity contribution in [3.05, 3.63) is 33.9 Å². The second kappa shape index (κ2) is 6.31. The summed E-state index contributed by atoms with van der Waals surface area (Å²) in [4.78, 5) is 10.3. The Hall–Kier alpha value is -1.51. The van der Waals surface area contributed by atoms with Gasteiger partial charge in [-0.1, -0.05) is 6.92 Å². The van der Waals surface area contributed by atoms with E-state index in [1.54, 1.807) is 0 Å². The van der Waals surface area contributed by atoms with Gasteiger partial charge < -0.3 is 5.32 Å². The molecule has 8 heteroatoms. The van der Waals surface area contributed by atoms with Gasteiger partial charge in [0, 0.05) is 18.2 Å². The molecule has 0 atom stereocenters. The van der Waals surface area contributed by atoms with Gasteiger partial charge in [-0.25, -0.2) is 13.1 Å². The van der Waals surface area contributed by atoms with Gasteiger partial charge in [0.05, 0.1) is 9.82 Å². The van der Waals surface area contributed by atoms with Crippen molar-refractivity contribution in [1.29, 1.82) is 0 Å². The molecule has 2 rings (SSSR count). The molecule has 0 spiro atoms. The number of rotatable bonds is 5. The van der Waals surface area contributed by atoms with E-state index in [0.29, 0.717) is 12.1 Å². The number of hydrogen-bond acceptors (Lipinski definition) is 5. The van der Waals surface area contributed by atoms with Crippen molar-refractivity contribution in [3.63, 3.8) is 0 Å². The molecule has 0 bridgehead atoms. The third-order valence-electron chi connectivity index (χ3n) is 4.17. The van der Waals surface area contributed by atoms with Crippen molar-refractivity contribution < 1.29 is 13.3 Å². The maximum Gasteiger partial charge on any atom is 0.272 e. The topological polar surface area (TPSA) is 101 Å². The number of nitro benzene ring substituents is 1. The molecule has 22 heavy (non-hydrogen) atoms. The van der Waals surface area contributed by atoms with Crippen LogP contribution in [0.3, 0.4) is 0 Å². The van der Waals surface area contributed by atoms with Crippen LogP contribution in [0, 0.1) is 22.5 Å². The monoisotopic (exact) mass is 327 g/mol. The van der Waals surface area contributed by atoms with Crippen LogP contribution in [0.5, 0.6) is 0 Å². The third kappa shape index (κ3) is 3.82. The number of nitrogens with one attached hydrogen (secondary N) is 2. The van der Waals surface area contributed by atoms with E-state index in [0.717, 1.165) is 25.9 Å². The van der Waals surface area contributed by atoms with Crippen LogP contribution in [-0.2, 0) is 10.0 Å². The molecular formula is C14H21N3O4S. The first-order chi connectivity index (χ1) is 10.2. The molecule has 1 heterocycles. The lowest BCUT2D eigenvalue weighted by Gasteiger charge is -2.34. The second-order valence-electron chi connectivity index (χ2n) is 6.09. The first-order valence-corrected chi connectivity index (χ1v) is 8.67. The Kier molecular flexibility index (Phi) is 4.84. The summed E-state index contributed by atoms with van der Waals surface area (Å²) in [6.45, 7) is 5.74. The molecule has 1 saturated heterocycles. The van der Waals surface area contributed by atoms with Gasteiger partial charge in [-0.15, -0.1) is 0 Å². The Bertz CT molecular complexity index is 667. The van der Waals surface area contributed by atoms with Crippen molar-refractivity contribution in [3.8, 4) is 0 Å². The summed E-state index contributed by atoms with van der Waals surface area (Å²) < 4.78 is 27.3. The van der Waals surface area contributed by atoms with Gasteiger partial charge in [0.25, 0.3) is 5.69 Å². The Morgan fingerprint density at radius 1 is 1.36 bits per heavy atom. The van der Waals surface area contributed by atoms with Crippen molar-refractivity contribution in [2.45, 2.75) is 31.6 Å². The highest BCUT2D eigenvalue weighted by Crippen LogP contribution is 2.28. The molecule has 0 radical (unpaired) electrons. The lowest BCUT2D eigenvalue weighted by atomic mass is 9.81. The second-order valence-corrected chi connectivity index (χ2v) is 7.86. The van der Waals surface area contributed by atoms with Gasteiger partial charge in [0.2, 0.25) is 10.0 Å². The molecule has 7 nitrogen and oxygen atoms in total. The van der Waals surface area contributed by atoms with E-state index < -0.39 is 14.9 Å². The van der Waals surface area contributed by atoms with Crippen LogP contribution in [0.2, 0.25) is 0 Å². The maximum absolute atomic E-state index is 12.4. The van der Waals surface area contributed by atoms with Gasteiger partial charge >= 0.3 is 0 Å². The lowest BCUT2D eigenvalue weighted by molar-refractivity contribution is -0.385. The summed E-state index contributed by atoms with van der Waals surface area (Å²) in [5, 5.41) is 14.0. The minimum atomic E-state index is -3.66. The molecule has 1 aromatic rings. The maximum atomic E-state index is 12.4. The molecule has 0 amide bonds. The number of hydrogen-bond donors (Lipinski definition) is 2. The average molecular weight is 327 g/mol. The van der Waals surface area contributed by atoms with Crippen molar-refractivity contribution in [2.24, 2.45) is 5.41 Å². The molecule has 0 saturated carbocycles. The van der Waals surface area contributed by atoms with Crippen molar-refractivity contribution in [2.75, 3.05) is 19.6 Å². The lowest BCUT2D eigenvalue weighted by Crippen LogP contribution is -2.42. The summed E-state index contributed by atoms with van der Waals surface area (Å²) in [7, 11) is -3.66. The van der Waals surface area contributed by atoms with E-state index in [1.165, 1.54) is 25.1 Å². The zero-order valence-electron chi connectivity index (χ0n) is 12.8. The van der Waals surface area contributed by atoms with E-state index in [9.17, 15) is 18.5 Å². The predicted octanol–water partition coefficient (Wildman–Crippen LogP) is 1.57. The first kappa shape index (κ1) is 16.9. The molecular weight excluding hydrogens is 306 g/mol. The third-order valence-corrected chi connectivity index (χ3v) is 5.57. The Balaban J connectivity index is 2.13. The van der Waals surface area contributed by atoms with Gasteiger partial charge in [-0.05, 0) is 50.4 Å². The minimum absolute atomic E-state index is 0.0614. The fourth-order valence-corrected chi connectivity index (χ4v) is 3.84. The highest BCUT2D eigenvalue weighted by molar-refractivity contribution is 7.89. The standard InChI is InChI=1S/C14H21N3O4S/c1-11-9-12(3-4-13(11)17(18)19)22(20,21)16-10-14(2)5-7-15-8-6-14/h3-4,9,15-16H,5-8,10H2,1-2H3. The smallest absolute Gasteiger partial charge is 0.272 e. The highest BCUT2D eigenvalue weighted by atomic mass is 32.2. The van der Waals surface area contributed by atoms with Crippen LogP contribution >= 0.6 is 0 Å². The quantitative estimate of drug-likeness (QED) is 0.631. The number of nitro groups is 1. The number of sulfonamides is 1. The first-order valence-electron chi connectivity index (χ1n) is 7.19. The number of benzene rings is 1. The fourth-order valence-electron chi connectivity index (χ4n) is 2.56. The van der Waals surface area contributed by atoms with Crippen LogP contribution in [-0.4, -0.2) is 33.0 Å². The van der Waals surface area contributed by atoms with E-state index >= 15 is 0 Å². The van der Waals surface area contributed by atoms with Gasteiger partial charge in [-0.2, -0.15) is 0 Å². The zero-order valence-corrected chi connectivity index (χ0v) is 13.6. The SMILES string of the molecule is Cc1cc(S(=O)(=O)NCC2(C)CCNCC2)ccc1[N+](=O)[O-]. The van der Waals surface area contributed by atoms with Crippen LogP contribution in [0.4, 0.5) is 5.69 Å².